The van der Waals surface area contributed by atoms with Crippen molar-refractivity contribution in [3.8, 4) is 11.5 Å². The predicted molar refractivity (Wildman–Crippen MR) is 106 cm³/mol. The lowest BCUT2D eigenvalue weighted by molar-refractivity contribution is -0.124. The Morgan fingerprint density at radius 2 is 1.66 bits per heavy atom. The number of nitrogens with one attached hydrogen (secondary N) is 1. The van der Waals surface area contributed by atoms with Gasteiger partial charge >= 0.3 is 5.97 Å². The zero-order valence-electron chi connectivity index (χ0n) is 16.2. The van der Waals surface area contributed by atoms with E-state index in [-0.39, 0.29) is 29.4 Å². The molecule has 2 rings (SSSR count). The quantitative estimate of drug-likeness (QED) is 0.461. The lowest BCUT2D eigenvalue weighted by Gasteiger charge is -2.11. The fourth-order valence-electron chi connectivity index (χ4n) is 2.41. The van der Waals surface area contributed by atoms with Crippen LogP contribution in [0.5, 0.6) is 11.5 Å². The van der Waals surface area contributed by atoms with E-state index in [4.69, 9.17) is 14.2 Å². The molecule has 0 saturated carbocycles. The summed E-state index contributed by atoms with van der Waals surface area (Å²) in [6.07, 6.45) is 0. The topological polar surface area (TPSA) is 108 Å². The lowest BCUT2D eigenvalue weighted by atomic mass is 10.2. The van der Waals surface area contributed by atoms with Gasteiger partial charge in [-0.1, -0.05) is 31.2 Å². The maximum atomic E-state index is 12.2. The van der Waals surface area contributed by atoms with E-state index in [9.17, 15) is 18.0 Å². The monoisotopic (exact) mass is 421 g/mol. The molecule has 0 saturated heterocycles. The minimum atomic E-state index is -3.59. The second-order valence-electron chi connectivity index (χ2n) is 5.82. The van der Waals surface area contributed by atoms with Crippen molar-refractivity contribution < 1.29 is 32.2 Å². The molecule has 156 valence electrons. The standard InChI is InChI=1S/C20H23NO7S/c1-3-29(24,25)18-11-7-4-8-15(18)20(23)28-14-19(22)21-12-13-27-17-10-6-5-9-16(17)26-2/h4-11H,3,12-14H2,1-2H3,(H,21,22). The zero-order valence-corrected chi connectivity index (χ0v) is 17.0. The number of carbonyl (C=O) groups is 2. The van der Waals surface area contributed by atoms with E-state index in [1.54, 1.807) is 18.2 Å². The van der Waals surface area contributed by atoms with Crippen LogP contribution in [-0.4, -0.2) is 52.9 Å². The average Bonchev–Trinajstić information content (AvgIpc) is 2.75. The van der Waals surface area contributed by atoms with Crippen LogP contribution >= 0.6 is 0 Å². The molecule has 0 bridgehead atoms. The third-order valence-corrected chi connectivity index (χ3v) is 5.69. The molecule has 29 heavy (non-hydrogen) atoms. The Hall–Kier alpha value is -3.07. The van der Waals surface area contributed by atoms with Gasteiger partial charge < -0.3 is 19.5 Å². The average molecular weight is 421 g/mol. The molecular weight excluding hydrogens is 398 g/mol. The van der Waals surface area contributed by atoms with Crippen LogP contribution in [0.2, 0.25) is 0 Å². The van der Waals surface area contributed by atoms with Crippen LogP contribution < -0.4 is 14.8 Å². The van der Waals surface area contributed by atoms with Crippen LogP contribution in [0.1, 0.15) is 17.3 Å². The van der Waals surface area contributed by atoms with E-state index in [1.807, 2.05) is 6.07 Å². The first-order chi connectivity index (χ1) is 13.9. The van der Waals surface area contributed by atoms with Crippen molar-refractivity contribution in [3.63, 3.8) is 0 Å². The molecule has 2 aromatic rings. The fourth-order valence-corrected chi connectivity index (χ4v) is 3.49. The summed E-state index contributed by atoms with van der Waals surface area (Å²) in [5.41, 5.74) is -0.0957. The Morgan fingerprint density at radius 3 is 2.34 bits per heavy atom. The Morgan fingerprint density at radius 1 is 1.00 bits per heavy atom. The van der Waals surface area contributed by atoms with Crippen molar-refractivity contribution in [1.82, 2.24) is 5.32 Å². The fraction of sp³-hybridized carbons (Fsp3) is 0.300. The van der Waals surface area contributed by atoms with Crippen molar-refractivity contribution in [2.45, 2.75) is 11.8 Å². The summed E-state index contributed by atoms with van der Waals surface area (Å²) < 4.78 is 39.8. The molecule has 0 aliphatic carbocycles. The smallest absolute Gasteiger partial charge is 0.339 e. The van der Waals surface area contributed by atoms with Gasteiger partial charge in [-0.05, 0) is 24.3 Å². The molecule has 0 atom stereocenters. The molecule has 1 amide bonds. The molecular formula is C20H23NO7S. The minimum absolute atomic E-state index is 0.0957. The highest BCUT2D eigenvalue weighted by Gasteiger charge is 2.22. The van der Waals surface area contributed by atoms with Crippen LogP contribution in [0.4, 0.5) is 0 Å². The maximum absolute atomic E-state index is 12.2. The Balaban J connectivity index is 1.82. The van der Waals surface area contributed by atoms with E-state index in [2.05, 4.69) is 5.32 Å². The summed E-state index contributed by atoms with van der Waals surface area (Å²) in [6.45, 7) is 1.33. The summed E-state index contributed by atoms with van der Waals surface area (Å²) in [7, 11) is -2.06. The SMILES string of the molecule is CCS(=O)(=O)c1ccccc1C(=O)OCC(=O)NCCOc1ccccc1OC. The summed E-state index contributed by atoms with van der Waals surface area (Å²) in [4.78, 5) is 24.0. The number of carbonyl (C=O) groups excluding carboxylic acids is 2. The highest BCUT2D eigenvalue weighted by molar-refractivity contribution is 7.91. The summed E-state index contributed by atoms with van der Waals surface area (Å²) in [6, 6.07) is 12.8. The number of hydrogen-bond acceptors (Lipinski definition) is 7. The third-order valence-electron chi connectivity index (χ3n) is 3.91. The molecule has 0 aromatic heterocycles. The van der Waals surface area contributed by atoms with Gasteiger partial charge in [0.25, 0.3) is 5.91 Å². The molecule has 0 fully saturated rings. The molecule has 1 N–H and O–H groups in total. The van der Waals surface area contributed by atoms with Gasteiger partial charge in [0.15, 0.2) is 27.9 Å². The molecule has 2 aromatic carbocycles. The van der Waals surface area contributed by atoms with Crippen molar-refractivity contribution in [2.75, 3.05) is 32.6 Å². The van der Waals surface area contributed by atoms with Crippen LogP contribution in [0.15, 0.2) is 53.4 Å². The number of rotatable bonds is 10. The number of sulfone groups is 1. The number of amides is 1. The normalized spacial score (nSPS) is 10.8. The van der Waals surface area contributed by atoms with E-state index in [0.29, 0.717) is 11.5 Å². The van der Waals surface area contributed by atoms with Crippen molar-refractivity contribution in [1.29, 1.82) is 0 Å². The van der Waals surface area contributed by atoms with E-state index in [1.165, 1.54) is 38.3 Å². The number of hydrogen-bond donors (Lipinski definition) is 1. The van der Waals surface area contributed by atoms with Gasteiger partial charge in [0.05, 0.1) is 29.9 Å². The molecule has 8 nitrogen and oxygen atoms in total. The first-order valence-corrected chi connectivity index (χ1v) is 10.6. The third kappa shape index (κ3) is 6.21. The molecule has 0 aliphatic heterocycles. The van der Waals surface area contributed by atoms with Crippen LogP contribution in [0, 0.1) is 0 Å². The number of methoxy groups -OCH3 is 1. The first-order valence-electron chi connectivity index (χ1n) is 8.90. The summed E-state index contributed by atoms with van der Waals surface area (Å²) in [5, 5.41) is 2.55. The Labute approximate surface area is 169 Å². The molecule has 0 radical (unpaired) electrons. The van der Waals surface area contributed by atoms with Gasteiger partial charge in [0.2, 0.25) is 0 Å². The molecule has 0 aliphatic rings. The largest absolute Gasteiger partial charge is 0.493 e. The van der Waals surface area contributed by atoms with Crippen LogP contribution in [-0.2, 0) is 19.4 Å². The van der Waals surface area contributed by atoms with Crippen molar-refractivity contribution in [3.05, 3.63) is 54.1 Å². The van der Waals surface area contributed by atoms with Crippen molar-refractivity contribution >= 4 is 21.7 Å². The van der Waals surface area contributed by atoms with Crippen molar-refractivity contribution in [2.24, 2.45) is 0 Å². The molecule has 0 unspecified atom stereocenters. The Bertz CT molecular complexity index is 957. The highest BCUT2D eigenvalue weighted by Crippen LogP contribution is 2.25. The molecule has 9 heteroatoms. The van der Waals surface area contributed by atoms with Crippen LogP contribution in [0.25, 0.3) is 0 Å². The lowest BCUT2D eigenvalue weighted by Crippen LogP contribution is -2.32. The number of para-hydroxylation sites is 2. The van der Waals surface area contributed by atoms with Gasteiger partial charge in [-0.15, -0.1) is 0 Å². The number of ether oxygens (including phenoxy) is 3. The second-order valence-corrected chi connectivity index (χ2v) is 8.07. The molecule has 0 spiro atoms. The minimum Gasteiger partial charge on any atom is -0.493 e. The highest BCUT2D eigenvalue weighted by atomic mass is 32.2. The van der Waals surface area contributed by atoms with Gasteiger partial charge in [0, 0.05) is 0 Å². The summed E-state index contributed by atoms with van der Waals surface area (Å²) >= 11 is 0. The number of esters is 1. The maximum Gasteiger partial charge on any atom is 0.339 e. The van der Waals surface area contributed by atoms with E-state index < -0.39 is 28.3 Å². The summed E-state index contributed by atoms with van der Waals surface area (Å²) in [5.74, 6) is -0.432. The molecule has 0 heterocycles. The second kappa shape index (κ2) is 10.5. The zero-order chi connectivity index (χ0) is 21.3. The van der Waals surface area contributed by atoms with E-state index in [0.717, 1.165) is 0 Å². The van der Waals surface area contributed by atoms with Gasteiger partial charge in [-0.3, -0.25) is 4.79 Å². The van der Waals surface area contributed by atoms with Gasteiger partial charge in [-0.25, -0.2) is 13.2 Å². The van der Waals surface area contributed by atoms with Crippen LogP contribution in [0.3, 0.4) is 0 Å². The Kier molecular flexibility index (Phi) is 8.02. The first kappa shape index (κ1) is 22.2. The van der Waals surface area contributed by atoms with E-state index >= 15 is 0 Å². The van der Waals surface area contributed by atoms with Gasteiger partial charge in [0.1, 0.15) is 6.61 Å². The number of benzene rings is 2. The predicted octanol–water partition coefficient (Wildman–Crippen LogP) is 1.84. The van der Waals surface area contributed by atoms with Gasteiger partial charge in [-0.2, -0.15) is 0 Å².